The number of nitrogens with zero attached hydrogens (tertiary/aromatic N) is 4. The molecule has 0 aliphatic carbocycles. The standard InChI is InChI=1S/C27H36Cl2FN5O/c1-4-22-17-34(26-24(29)12-20(14-32-26)27(36)31-5-2)18(3)15-35(22)23-8-10-33(11-9-23)16-19-6-7-21(28)13-25(19)30/h6-7,12-14,18,22-23H,4-5,8-11,15-17H2,1-3H3,(H,31,36)/t18-,22+/m1/s1. The number of carbonyl (C=O) groups is 1. The van der Waals surface area contributed by atoms with E-state index in [2.05, 4.69) is 38.8 Å². The lowest BCUT2D eigenvalue weighted by Crippen LogP contribution is -2.61. The Bertz CT molecular complexity index is 1060. The highest BCUT2D eigenvalue weighted by Gasteiger charge is 2.37. The first-order valence-corrected chi connectivity index (χ1v) is 13.7. The molecule has 2 aliphatic rings. The Hall–Kier alpha value is -1.93. The van der Waals surface area contributed by atoms with Crippen LogP contribution in [0.15, 0.2) is 30.5 Å². The van der Waals surface area contributed by atoms with Crippen LogP contribution in [0.1, 0.15) is 56.0 Å². The number of piperazine rings is 1. The van der Waals surface area contributed by atoms with Crippen LogP contribution in [0, 0.1) is 5.82 Å². The molecule has 0 radical (unpaired) electrons. The smallest absolute Gasteiger partial charge is 0.252 e. The van der Waals surface area contributed by atoms with Gasteiger partial charge in [-0.1, -0.05) is 36.2 Å². The van der Waals surface area contributed by atoms with Gasteiger partial charge in [0.25, 0.3) is 5.91 Å². The third-order valence-electron chi connectivity index (χ3n) is 7.48. The van der Waals surface area contributed by atoms with Crippen molar-refractivity contribution in [3.63, 3.8) is 0 Å². The number of benzene rings is 1. The van der Waals surface area contributed by atoms with Crippen molar-refractivity contribution < 1.29 is 9.18 Å². The van der Waals surface area contributed by atoms with E-state index in [0.717, 1.165) is 51.3 Å². The normalized spacial score (nSPS) is 22.1. The quantitative estimate of drug-likeness (QED) is 0.525. The van der Waals surface area contributed by atoms with E-state index in [1.54, 1.807) is 24.4 Å². The van der Waals surface area contributed by atoms with E-state index in [0.29, 0.717) is 46.3 Å². The Labute approximate surface area is 223 Å². The van der Waals surface area contributed by atoms with Gasteiger partial charge in [0.1, 0.15) is 11.6 Å². The number of rotatable bonds is 7. The molecule has 2 aliphatic heterocycles. The Balaban J connectivity index is 1.38. The van der Waals surface area contributed by atoms with E-state index in [1.807, 2.05) is 6.92 Å². The van der Waals surface area contributed by atoms with Gasteiger partial charge in [-0.3, -0.25) is 14.6 Å². The summed E-state index contributed by atoms with van der Waals surface area (Å²) >= 11 is 12.5. The summed E-state index contributed by atoms with van der Waals surface area (Å²) in [4.78, 5) is 24.0. The van der Waals surface area contributed by atoms with E-state index in [1.165, 1.54) is 6.07 Å². The number of hydrogen-bond acceptors (Lipinski definition) is 5. The van der Waals surface area contributed by atoms with Gasteiger partial charge in [-0.2, -0.15) is 0 Å². The summed E-state index contributed by atoms with van der Waals surface area (Å²) < 4.78 is 14.3. The van der Waals surface area contributed by atoms with Gasteiger partial charge in [0, 0.05) is 61.1 Å². The lowest BCUT2D eigenvalue weighted by atomic mass is 9.96. The van der Waals surface area contributed by atoms with Crippen LogP contribution in [0.4, 0.5) is 10.2 Å². The van der Waals surface area contributed by atoms with Crippen LogP contribution in [0.2, 0.25) is 10.0 Å². The monoisotopic (exact) mass is 535 g/mol. The lowest BCUT2D eigenvalue weighted by molar-refractivity contribution is 0.0503. The summed E-state index contributed by atoms with van der Waals surface area (Å²) in [5.41, 5.74) is 1.18. The fourth-order valence-corrected chi connectivity index (χ4v) is 5.93. The van der Waals surface area contributed by atoms with Crippen molar-refractivity contribution >= 4 is 34.9 Å². The molecule has 0 unspecified atom stereocenters. The number of carbonyl (C=O) groups excluding carboxylic acids is 1. The molecule has 6 nitrogen and oxygen atoms in total. The molecular weight excluding hydrogens is 500 g/mol. The van der Waals surface area contributed by atoms with Crippen LogP contribution < -0.4 is 10.2 Å². The van der Waals surface area contributed by atoms with Crippen molar-refractivity contribution in [3.05, 3.63) is 57.5 Å². The number of likely N-dealkylation sites (tertiary alicyclic amines) is 1. The molecule has 1 aromatic carbocycles. The van der Waals surface area contributed by atoms with Gasteiger partial charge in [0.05, 0.1) is 10.6 Å². The van der Waals surface area contributed by atoms with Gasteiger partial charge in [-0.05, 0) is 64.4 Å². The fraction of sp³-hybridized carbons (Fsp3) is 0.556. The van der Waals surface area contributed by atoms with E-state index in [4.69, 9.17) is 23.2 Å². The largest absolute Gasteiger partial charge is 0.352 e. The van der Waals surface area contributed by atoms with E-state index < -0.39 is 0 Å². The molecule has 4 rings (SSSR count). The van der Waals surface area contributed by atoms with Crippen LogP contribution in [-0.4, -0.2) is 71.5 Å². The molecular formula is C27H36Cl2FN5O. The molecule has 2 aromatic rings. The van der Waals surface area contributed by atoms with Crippen LogP contribution in [0.5, 0.6) is 0 Å². The second kappa shape index (κ2) is 12.1. The maximum atomic E-state index is 14.3. The second-order valence-corrected chi connectivity index (χ2v) is 10.7. The fourth-order valence-electron chi connectivity index (χ4n) is 5.50. The van der Waals surface area contributed by atoms with Crippen molar-refractivity contribution in [2.45, 2.75) is 64.7 Å². The van der Waals surface area contributed by atoms with Crippen LogP contribution >= 0.6 is 23.2 Å². The molecule has 2 saturated heterocycles. The number of pyridine rings is 1. The Morgan fingerprint density at radius 3 is 2.56 bits per heavy atom. The summed E-state index contributed by atoms with van der Waals surface area (Å²) in [6.07, 6.45) is 4.79. The SMILES string of the molecule is CCNC(=O)c1cnc(N2C[C@H](CC)N(C3CCN(Cc4ccc(Cl)cc4F)CC3)C[C@H]2C)c(Cl)c1. The van der Waals surface area contributed by atoms with Gasteiger partial charge < -0.3 is 10.2 Å². The van der Waals surface area contributed by atoms with Gasteiger partial charge in [-0.25, -0.2) is 9.37 Å². The van der Waals surface area contributed by atoms with E-state index >= 15 is 0 Å². The summed E-state index contributed by atoms with van der Waals surface area (Å²) in [7, 11) is 0. The van der Waals surface area contributed by atoms with Gasteiger partial charge in [0.2, 0.25) is 0 Å². The zero-order valence-electron chi connectivity index (χ0n) is 21.3. The van der Waals surface area contributed by atoms with Gasteiger partial charge in [0.15, 0.2) is 0 Å². The molecule has 2 fully saturated rings. The predicted octanol–water partition coefficient (Wildman–Crippen LogP) is 5.23. The molecule has 1 aromatic heterocycles. The number of nitrogens with one attached hydrogen (secondary N) is 1. The van der Waals surface area contributed by atoms with Crippen molar-refractivity contribution in [1.82, 2.24) is 20.1 Å². The number of hydrogen-bond donors (Lipinski definition) is 1. The maximum Gasteiger partial charge on any atom is 0.252 e. The summed E-state index contributed by atoms with van der Waals surface area (Å²) in [6, 6.07) is 7.81. The first-order chi connectivity index (χ1) is 17.3. The maximum absolute atomic E-state index is 14.3. The van der Waals surface area contributed by atoms with E-state index in [9.17, 15) is 9.18 Å². The van der Waals surface area contributed by atoms with Gasteiger partial charge in [-0.15, -0.1) is 0 Å². The van der Waals surface area contributed by atoms with Crippen molar-refractivity contribution in [1.29, 1.82) is 0 Å². The number of piperidine rings is 1. The molecule has 9 heteroatoms. The van der Waals surface area contributed by atoms with E-state index in [-0.39, 0.29) is 17.8 Å². The predicted molar refractivity (Wildman–Crippen MR) is 145 cm³/mol. The third kappa shape index (κ3) is 6.13. The average molecular weight is 537 g/mol. The van der Waals surface area contributed by atoms with Gasteiger partial charge >= 0.3 is 0 Å². The topological polar surface area (TPSA) is 51.7 Å². The molecule has 0 bridgehead atoms. The Morgan fingerprint density at radius 1 is 1.17 bits per heavy atom. The van der Waals surface area contributed by atoms with Crippen molar-refractivity contribution in [3.8, 4) is 0 Å². The average Bonchev–Trinajstić information content (AvgIpc) is 2.86. The van der Waals surface area contributed by atoms with Crippen LogP contribution in [0.25, 0.3) is 0 Å². The minimum atomic E-state index is -0.230. The summed E-state index contributed by atoms with van der Waals surface area (Å²) in [6.45, 7) is 11.2. The summed E-state index contributed by atoms with van der Waals surface area (Å²) in [5, 5.41) is 3.74. The Kier molecular flexibility index (Phi) is 9.10. The highest BCUT2D eigenvalue weighted by Crippen LogP contribution is 2.32. The molecule has 1 amide bonds. The molecule has 1 N–H and O–H groups in total. The zero-order valence-corrected chi connectivity index (χ0v) is 22.8. The minimum absolute atomic E-state index is 0.159. The molecule has 0 spiro atoms. The molecule has 36 heavy (non-hydrogen) atoms. The van der Waals surface area contributed by atoms with Crippen molar-refractivity contribution in [2.75, 3.05) is 37.6 Å². The van der Waals surface area contributed by atoms with Crippen LogP contribution in [-0.2, 0) is 6.54 Å². The first kappa shape index (κ1) is 27.1. The third-order valence-corrected chi connectivity index (χ3v) is 8.00. The number of amides is 1. The van der Waals surface area contributed by atoms with Crippen LogP contribution in [0.3, 0.4) is 0 Å². The number of halogens is 3. The Morgan fingerprint density at radius 2 is 1.92 bits per heavy atom. The lowest BCUT2D eigenvalue weighted by Gasteiger charge is -2.50. The molecule has 196 valence electrons. The second-order valence-electron chi connectivity index (χ2n) is 9.89. The minimum Gasteiger partial charge on any atom is -0.352 e. The molecule has 2 atom stereocenters. The zero-order chi connectivity index (χ0) is 25.8. The summed E-state index contributed by atoms with van der Waals surface area (Å²) in [5.74, 6) is 0.356. The highest BCUT2D eigenvalue weighted by molar-refractivity contribution is 6.33. The highest BCUT2D eigenvalue weighted by atomic mass is 35.5. The molecule has 3 heterocycles. The number of aromatic nitrogens is 1. The first-order valence-electron chi connectivity index (χ1n) is 12.9. The number of anilines is 1. The van der Waals surface area contributed by atoms with Crippen molar-refractivity contribution in [2.24, 2.45) is 0 Å². The molecule has 0 saturated carbocycles.